The Bertz CT molecular complexity index is 739. The van der Waals surface area contributed by atoms with Crippen LogP contribution in [0.1, 0.15) is 31.7 Å². The Hall–Kier alpha value is -2.90. The number of aliphatic hydroxyl groups is 1. The molecular weight excluding hydrogens is 388 g/mol. The third kappa shape index (κ3) is 7.93. The van der Waals surface area contributed by atoms with Crippen LogP contribution in [-0.2, 0) is 9.47 Å². The second-order valence-corrected chi connectivity index (χ2v) is 6.34. The Labute approximate surface area is 165 Å². The highest BCUT2D eigenvalue weighted by molar-refractivity contribution is 5.21. The highest BCUT2D eigenvalue weighted by Gasteiger charge is 2.18. The van der Waals surface area contributed by atoms with Crippen LogP contribution in [0.5, 0.6) is 0 Å². The molecule has 2 aliphatic rings. The molecule has 0 saturated carbocycles. The van der Waals surface area contributed by atoms with Crippen molar-refractivity contribution in [1.82, 2.24) is 20.0 Å². The Morgan fingerprint density at radius 1 is 1.00 bits per heavy atom. The van der Waals surface area contributed by atoms with E-state index in [1.165, 1.54) is 18.6 Å². The van der Waals surface area contributed by atoms with Crippen LogP contribution in [0.15, 0.2) is 24.8 Å². The van der Waals surface area contributed by atoms with Crippen molar-refractivity contribution >= 4 is 11.4 Å². The van der Waals surface area contributed by atoms with Gasteiger partial charge in [-0.25, -0.2) is 0 Å². The minimum Gasteiger partial charge on any atom is -0.393 e. The average Bonchev–Trinajstić information content (AvgIpc) is 3.43. The average molecular weight is 412 g/mol. The predicted molar refractivity (Wildman–Crippen MR) is 99.3 cm³/mol. The molecule has 13 heteroatoms. The molecule has 0 aromatic carbocycles. The monoisotopic (exact) mass is 412 g/mol. The van der Waals surface area contributed by atoms with Gasteiger partial charge < -0.3 is 14.6 Å². The van der Waals surface area contributed by atoms with Crippen molar-refractivity contribution in [3.63, 3.8) is 0 Å². The molecule has 0 bridgehead atoms. The van der Waals surface area contributed by atoms with E-state index in [-0.39, 0.29) is 23.5 Å². The second kappa shape index (κ2) is 11.8. The summed E-state index contributed by atoms with van der Waals surface area (Å²) in [5.74, 6) is 0. The van der Waals surface area contributed by atoms with Gasteiger partial charge in [0.15, 0.2) is 0 Å². The first-order chi connectivity index (χ1) is 14.0. The predicted octanol–water partition coefficient (Wildman–Crippen LogP) is 1.62. The number of aromatic nitrogens is 4. The van der Waals surface area contributed by atoms with Crippen molar-refractivity contribution < 1.29 is 24.4 Å². The summed E-state index contributed by atoms with van der Waals surface area (Å²) in [6.07, 6.45) is 8.44. The van der Waals surface area contributed by atoms with Crippen LogP contribution in [-0.4, -0.2) is 67.5 Å². The normalized spacial score (nSPS) is 17.4. The van der Waals surface area contributed by atoms with Crippen molar-refractivity contribution in [3.8, 4) is 0 Å². The van der Waals surface area contributed by atoms with Crippen LogP contribution < -0.4 is 0 Å². The first-order valence-corrected chi connectivity index (χ1v) is 9.12. The van der Waals surface area contributed by atoms with Gasteiger partial charge in [0.05, 0.1) is 28.2 Å². The van der Waals surface area contributed by atoms with E-state index in [1.807, 2.05) is 0 Å². The first kappa shape index (κ1) is 22.4. The largest absolute Gasteiger partial charge is 0.393 e. The lowest BCUT2D eigenvalue weighted by Gasteiger charge is -2.21. The van der Waals surface area contributed by atoms with Gasteiger partial charge in [-0.2, -0.15) is 10.2 Å². The summed E-state index contributed by atoms with van der Waals surface area (Å²) in [5.41, 5.74) is 0.0430. The Kier molecular flexibility index (Phi) is 9.14. The van der Waals surface area contributed by atoms with Gasteiger partial charge in [0.25, 0.3) is 0 Å². The zero-order valence-corrected chi connectivity index (χ0v) is 15.8. The molecule has 0 amide bonds. The Morgan fingerprint density at radius 2 is 1.59 bits per heavy atom. The quantitative estimate of drug-likeness (QED) is 0.561. The Morgan fingerprint density at radius 3 is 1.97 bits per heavy atom. The van der Waals surface area contributed by atoms with Crippen LogP contribution in [0.3, 0.4) is 0 Å². The molecule has 2 aliphatic heterocycles. The lowest BCUT2D eigenvalue weighted by molar-refractivity contribution is -0.385. The van der Waals surface area contributed by atoms with Gasteiger partial charge in [-0.05, 0) is 25.7 Å². The second-order valence-electron chi connectivity index (χ2n) is 6.34. The summed E-state index contributed by atoms with van der Waals surface area (Å²) in [7, 11) is 0. The van der Waals surface area contributed by atoms with E-state index in [9.17, 15) is 20.2 Å². The van der Waals surface area contributed by atoms with E-state index >= 15 is 0 Å². The van der Waals surface area contributed by atoms with E-state index < -0.39 is 9.85 Å². The van der Waals surface area contributed by atoms with Crippen LogP contribution >= 0.6 is 0 Å². The standard InChI is InChI=1S/C8H11N3O3.C5H10O2.C3H3N3O2/c12-11(13)8-5-9-10(6-8)7-1-3-14-4-2-7;6-5-1-3-7-4-2-5;7-6(8)3-1-4-5-2-3/h5-7H,1-4H2;5-6H,1-4H2;1-2H,(H,4,5). The van der Waals surface area contributed by atoms with E-state index in [1.54, 1.807) is 4.68 Å². The summed E-state index contributed by atoms with van der Waals surface area (Å²) >= 11 is 0. The fraction of sp³-hybridized carbons (Fsp3) is 0.625. The number of aliphatic hydroxyl groups excluding tert-OH is 1. The molecule has 0 unspecified atom stereocenters. The summed E-state index contributed by atoms with van der Waals surface area (Å²) in [6, 6.07) is 0.248. The van der Waals surface area contributed by atoms with E-state index in [2.05, 4.69) is 15.3 Å². The molecular formula is C16H24N6O7. The van der Waals surface area contributed by atoms with E-state index in [0.29, 0.717) is 13.2 Å². The third-order valence-electron chi connectivity index (χ3n) is 4.25. The SMILES string of the molecule is O=[N+]([O-])c1cn[nH]c1.O=[N+]([O-])c1cnn(C2CCOCC2)c1.OC1CCOCC1. The zero-order valence-electron chi connectivity index (χ0n) is 15.8. The van der Waals surface area contributed by atoms with Gasteiger partial charge >= 0.3 is 11.4 Å². The molecule has 160 valence electrons. The van der Waals surface area contributed by atoms with Gasteiger partial charge in [0.1, 0.15) is 18.6 Å². The lowest BCUT2D eigenvalue weighted by atomic mass is 10.1. The first-order valence-electron chi connectivity index (χ1n) is 9.12. The molecule has 0 spiro atoms. The molecule has 4 rings (SSSR count). The number of nitro groups is 2. The topological polar surface area (TPSA) is 171 Å². The number of H-pyrrole nitrogens is 1. The highest BCUT2D eigenvalue weighted by Crippen LogP contribution is 2.21. The highest BCUT2D eigenvalue weighted by atomic mass is 16.6. The van der Waals surface area contributed by atoms with Crippen molar-refractivity contribution in [1.29, 1.82) is 0 Å². The number of nitrogens with one attached hydrogen (secondary N) is 1. The van der Waals surface area contributed by atoms with E-state index in [4.69, 9.17) is 14.6 Å². The number of aromatic amines is 1. The molecule has 0 radical (unpaired) electrons. The summed E-state index contributed by atoms with van der Waals surface area (Å²) in [5, 5.41) is 38.7. The molecule has 0 atom stereocenters. The molecule has 4 heterocycles. The molecule has 13 nitrogen and oxygen atoms in total. The van der Waals surface area contributed by atoms with Gasteiger partial charge in [-0.15, -0.1) is 0 Å². The number of hydrogen-bond donors (Lipinski definition) is 2. The van der Waals surface area contributed by atoms with Crippen LogP contribution in [0.4, 0.5) is 11.4 Å². The maximum Gasteiger partial charge on any atom is 0.307 e. The van der Waals surface area contributed by atoms with Crippen LogP contribution in [0.25, 0.3) is 0 Å². The molecule has 2 aromatic rings. The third-order valence-corrected chi connectivity index (χ3v) is 4.25. The van der Waals surface area contributed by atoms with Crippen LogP contribution in [0, 0.1) is 20.2 Å². The summed E-state index contributed by atoms with van der Waals surface area (Å²) in [6.45, 7) is 2.89. The minimum atomic E-state index is -0.510. The van der Waals surface area contributed by atoms with Crippen molar-refractivity contribution in [3.05, 3.63) is 45.0 Å². The number of ether oxygens (including phenoxy) is 2. The van der Waals surface area contributed by atoms with Crippen LogP contribution in [0.2, 0.25) is 0 Å². The minimum absolute atomic E-state index is 0.00926. The molecule has 2 N–H and O–H groups in total. The summed E-state index contributed by atoms with van der Waals surface area (Å²) < 4.78 is 11.8. The maximum atomic E-state index is 10.4. The molecule has 2 aromatic heterocycles. The Balaban J connectivity index is 0.000000170. The maximum absolute atomic E-state index is 10.4. The molecule has 2 fully saturated rings. The lowest BCUT2D eigenvalue weighted by Crippen LogP contribution is -2.19. The molecule has 0 aliphatic carbocycles. The molecule has 2 saturated heterocycles. The summed E-state index contributed by atoms with van der Waals surface area (Å²) in [4.78, 5) is 19.3. The van der Waals surface area contributed by atoms with E-state index in [0.717, 1.165) is 45.1 Å². The fourth-order valence-electron chi connectivity index (χ4n) is 2.60. The fourth-order valence-corrected chi connectivity index (χ4v) is 2.60. The van der Waals surface area contributed by atoms with Gasteiger partial charge in [-0.3, -0.25) is 30.0 Å². The number of nitrogens with zero attached hydrogens (tertiary/aromatic N) is 5. The number of hydrogen-bond acceptors (Lipinski definition) is 9. The van der Waals surface area contributed by atoms with Gasteiger partial charge in [-0.1, -0.05) is 0 Å². The number of rotatable bonds is 3. The smallest absolute Gasteiger partial charge is 0.307 e. The zero-order chi connectivity index (χ0) is 21.1. The molecule has 29 heavy (non-hydrogen) atoms. The van der Waals surface area contributed by atoms with Crippen molar-refractivity contribution in [2.45, 2.75) is 37.8 Å². The van der Waals surface area contributed by atoms with Gasteiger partial charge in [0, 0.05) is 26.4 Å². The van der Waals surface area contributed by atoms with Crippen molar-refractivity contribution in [2.75, 3.05) is 26.4 Å². The van der Waals surface area contributed by atoms with Crippen molar-refractivity contribution in [2.24, 2.45) is 0 Å². The van der Waals surface area contributed by atoms with Gasteiger partial charge in [0.2, 0.25) is 0 Å².